The zero-order valence-corrected chi connectivity index (χ0v) is 8.98. The first kappa shape index (κ1) is 12.2. The summed E-state index contributed by atoms with van der Waals surface area (Å²) in [6, 6.07) is -1.11. The Morgan fingerprint density at radius 2 is 2.19 bits per heavy atom. The molecule has 0 spiro atoms. The third kappa shape index (κ3) is 2.80. The molecular weight excluding hydrogens is 214 g/mol. The van der Waals surface area contributed by atoms with E-state index < -0.39 is 24.3 Å². The molecule has 1 aromatic heterocycles. The van der Waals surface area contributed by atoms with Crippen molar-refractivity contribution >= 4 is 17.8 Å². The van der Waals surface area contributed by atoms with Gasteiger partial charge in [-0.2, -0.15) is 0 Å². The first-order valence-electron chi connectivity index (χ1n) is 4.63. The van der Waals surface area contributed by atoms with E-state index in [0.717, 1.165) is 0 Å². The topological polar surface area (TPSA) is 118 Å². The van der Waals surface area contributed by atoms with E-state index in [2.05, 4.69) is 10.5 Å². The fourth-order valence-electron chi connectivity index (χ4n) is 1.02. The number of carboxylic acid groups (broad SMARTS) is 1. The average molecular weight is 227 g/mol. The van der Waals surface area contributed by atoms with Gasteiger partial charge < -0.3 is 15.4 Å². The van der Waals surface area contributed by atoms with E-state index in [0.29, 0.717) is 11.3 Å². The molecular formula is C9H13N3O4. The molecule has 1 unspecified atom stereocenters. The summed E-state index contributed by atoms with van der Waals surface area (Å²) in [5.74, 6) is -1.54. The Kier molecular flexibility index (Phi) is 3.62. The highest BCUT2D eigenvalue weighted by atomic mass is 16.5. The summed E-state index contributed by atoms with van der Waals surface area (Å²) < 4.78 is 4.84. The van der Waals surface area contributed by atoms with E-state index in [4.69, 9.17) is 15.4 Å². The fourth-order valence-corrected chi connectivity index (χ4v) is 1.02. The van der Waals surface area contributed by atoms with Gasteiger partial charge in [0.05, 0.1) is 18.2 Å². The van der Waals surface area contributed by atoms with E-state index in [1.165, 1.54) is 0 Å². The molecule has 1 amide bonds. The molecule has 1 heterocycles. The maximum Gasteiger partial charge on any atom is 0.305 e. The Labute approximate surface area is 91.6 Å². The van der Waals surface area contributed by atoms with Crippen LogP contribution in [0.3, 0.4) is 0 Å². The minimum atomic E-state index is -1.13. The lowest BCUT2D eigenvalue weighted by Crippen LogP contribution is -2.37. The van der Waals surface area contributed by atoms with Crippen molar-refractivity contribution in [3.05, 3.63) is 11.3 Å². The van der Waals surface area contributed by atoms with Crippen LogP contribution in [0.2, 0.25) is 0 Å². The van der Waals surface area contributed by atoms with Crippen molar-refractivity contribution in [3.63, 3.8) is 0 Å². The zero-order valence-electron chi connectivity index (χ0n) is 8.98. The minimum Gasteiger partial charge on any atom is -0.481 e. The zero-order chi connectivity index (χ0) is 12.3. The second kappa shape index (κ2) is 4.75. The van der Waals surface area contributed by atoms with Gasteiger partial charge in [0.15, 0.2) is 0 Å². The molecule has 7 heteroatoms. The summed E-state index contributed by atoms with van der Waals surface area (Å²) in [6.45, 7) is 3.45. The number of carbonyl (C=O) groups excluding carboxylic acids is 1. The van der Waals surface area contributed by atoms with Gasteiger partial charge in [0.1, 0.15) is 0 Å². The van der Waals surface area contributed by atoms with Gasteiger partial charge in [-0.25, -0.2) is 0 Å². The van der Waals surface area contributed by atoms with Crippen LogP contribution >= 0.6 is 0 Å². The highest BCUT2D eigenvalue weighted by molar-refractivity contribution is 5.96. The van der Waals surface area contributed by atoms with Crippen LogP contribution in [0.4, 0.5) is 5.88 Å². The fraction of sp³-hybridized carbons (Fsp3) is 0.444. The monoisotopic (exact) mass is 227 g/mol. The Hall–Kier alpha value is -1.89. The smallest absolute Gasteiger partial charge is 0.305 e. The van der Waals surface area contributed by atoms with Crippen LogP contribution in [0.25, 0.3) is 0 Å². The van der Waals surface area contributed by atoms with Crippen LogP contribution in [-0.4, -0.2) is 28.2 Å². The summed E-state index contributed by atoms with van der Waals surface area (Å²) >= 11 is 0. The minimum absolute atomic E-state index is 0.198. The number of anilines is 1. The van der Waals surface area contributed by atoms with Gasteiger partial charge in [-0.05, 0) is 13.8 Å². The summed E-state index contributed by atoms with van der Waals surface area (Å²) in [5.41, 5.74) is 6.71. The molecule has 0 aromatic carbocycles. The first-order chi connectivity index (χ1) is 7.41. The number of hydrogen-bond donors (Lipinski definition) is 3. The summed E-state index contributed by atoms with van der Waals surface area (Å²) in [6.07, 6.45) is -0.433. The summed E-state index contributed by atoms with van der Waals surface area (Å²) in [4.78, 5) is 21.8. The Morgan fingerprint density at radius 3 is 2.62 bits per heavy atom. The SMILES string of the molecule is Cc1noc(NC(=O)C(N)CC(=O)O)c1C. The van der Waals surface area contributed by atoms with Gasteiger partial charge in [-0.3, -0.25) is 14.9 Å². The number of nitrogens with one attached hydrogen (secondary N) is 1. The second-order valence-electron chi connectivity index (χ2n) is 3.42. The number of carboxylic acids is 1. The molecule has 1 rings (SSSR count). The molecule has 0 aliphatic rings. The number of nitrogens with two attached hydrogens (primary N) is 1. The molecule has 0 saturated heterocycles. The standard InChI is InChI=1S/C9H13N3O4/c1-4-5(2)12-16-9(4)11-8(15)6(10)3-7(13)14/h6H,3,10H2,1-2H3,(H,11,15)(H,13,14). The van der Waals surface area contributed by atoms with Crippen molar-refractivity contribution in [1.82, 2.24) is 5.16 Å². The Bertz CT molecular complexity index is 413. The molecule has 4 N–H and O–H groups in total. The van der Waals surface area contributed by atoms with Crippen LogP contribution in [0, 0.1) is 13.8 Å². The molecule has 16 heavy (non-hydrogen) atoms. The molecule has 0 bridgehead atoms. The number of amides is 1. The highest BCUT2D eigenvalue weighted by Crippen LogP contribution is 2.17. The van der Waals surface area contributed by atoms with Crippen LogP contribution in [0.5, 0.6) is 0 Å². The number of aryl methyl sites for hydroxylation is 1. The molecule has 1 atom stereocenters. The molecule has 0 aliphatic heterocycles. The number of carbonyl (C=O) groups is 2. The lowest BCUT2D eigenvalue weighted by Gasteiger charge is -2.07. The Morgan fingerprint density at radius 1 is 1.56 bits per heavy atom. The van der Waals surface area contributed by atoms with Gasteiger partial charge in [-0.1, -0.05) is 5.16 Å². The number of rotatable bonds is 4. The van der Waals surface area contributed by atoms with E-state index in [-0.39, 0.29) is 5.88 Å². The molecule has 1 aromatic rings. The van der Waals surface area contributed by atoms with Crippen molar-refractivity contribution in [2.24, 2.45) is 5.73 Å². The number of hydrogen-bond acceptors (Lipinski definition) is 5. The third-order valence-corrected chi connectivity index (χ3v) is 2.13. The first-order valence-corrected chi connectivity index (χ1v) is 4.63. The van der Waals surface area contributed by atoms with Gasteiger partial charge in [0.2, 0.25) is 11.8 Å². The number of aromatic nitrogens is 1. The predicted octanol–water partition coefficient (Wildman–Crippen LogP) is 0.0319. The van der Waals surface area contributed by atoms with Crippen molar-refractivity contribution in [3.8, 4) is 0 Å². The van der Waals surface area contributed by atoms with Gasteiger partial charge in [-0.15, -0.1) is 0 Å². The summed E-state index contributed by atoms with van der Waals surface area (Å²) in [7, 11) is 0. The third-order valence-electron chi connectivity index (χ3n) is 2.13. The van der Waals surface area contributed by atoms with Crippen molar-refractivity contribution in [2.75, 3.05) is 5.32 Å². The van der Waals surface area contributed by atoms with Gasteiger partial charge in [0.25, 0.3) is 0 Å². The van der Waals surface area contributed by atoms with Crippen LogP contribution < -0.4 is 11.1 Å². The number of nitrogens with zero attached hydrogens (tertiary/aromatic N) is 1. The van der Waals surface area contributed by atoms with Gasteiger partial charge >= 0.3 is 5.97 Å². The van der Waals surface area contributed by atoms with E-state index >= 15 is 0 Å². The maximum absolute atomic E-state index is 11.4. The normalized spacial score (nSPS) is 12.2. The lowest BCUT2D eigenvalue weighted by atomic mass is 10.2. The maximum atomic E-state index is 11.4. The molecule has 7 nitrogen and oxygen atoms in total. The van der Waals surface area contributed by atoms with E-state index in [1.54, 1.807) is 13.8 Å². The largest absolute Gasteiger partial charge is 0.481 e. The van der Waals surface area contributed by atoms with Crippen molar-refractivity contribution in [1.29, 1.82) is 0 Å². The average Bonchev–Trinajstić information content (AvgIpc) is 2.48. The highest BCUT2D eigenvalue weighted by Gasteiger charge is 2.19. The predicted molar refractivity (Wildman–Crippen MR) is 54.8 cm³/mol. The van der Waals surface area contributed by atoms with E-state index in [9.17, 15) is 9.59 Å². The molecule has 0 saturated carbocycles. The molecule has 88 valence electrons. The molecule has 0 aliphatic carbocycles. The van der Waals surface area contributed by atoms with Gasteiger partial charge in [0, 0.05) is 5.56 Å². The molecule has 0 radical (unpaired) electrons. The van der Waals surface area contributed by atoms with Crippen LogP contribution in [-0.2, 0) is 9.59 Å². The Balaban J connectivity index is 2.64. The quantitative estimate of drug-likeness (QED) is 0.667. The second-order valence-corrected chi connectivity index (χ2v) is 3.42. The van der Waals surface area contributed by atoms with Crippen molar-refractivity contribution in [2.45, 2.75) is 26.3 Å². The van der Waals surface area contributed by atoms with Crippen LogP contribution in [0.1, 0.15) is 17.7 Å². The molecule has 0 fully saturated rings. The summed E-state index contributed by atoms with van der Waals surface area (Å²) in [5, 5.41) is 14.5. The van der Waals surface area contributed by atoms with Crippen molar-refractivity contribution < 1.29 is 19.2 Å². The lowest BCUT2D eigenvalue weighted by molar-refractivity contribution is -0.138. The van der Waals surface area contributed by atoms with E-state index in [1.807, 2.05) is 0 Å². The van der Waals surface area contributed by atoms with Crippen LogP contribution in [0.15, 0.2) is 4.52 Å². The number of aliphatic carboxylic acids is 1.